The molecule has 3 heterocycles. The number of fused-ring (bicyclic) bond motifs is 9. The number of ether oxygens (including phenoxy) is 2. The van der Waals surface area contributed by atoms with Crippen molar-refractivity contribution in [2.24, 2.45) is 22.7 Å². The SMILES string of the molecule is CCCCCCCCCCC[C@@H]1C[C@H]2ON3[C@H]4[C@@H]5CC[C@](C)([C@H]4O[C@@H]3[C@H]2C(=O)O1)C5(C)C. The number of hydroxylamine groups is 2. The number of cyclic esters (lactones) is 1. The molecular formula is C27H45NO4. The summed E-state index contributed by atoms with van der Waals surface area (Å²) in [5.74, 6) is 0.217. The quantitative estimate of drug-likeness (QED) is 0.303. The lowest BCUT2D eigenvalue weighted by molar-refractivity contribution is -0.203. The minimum Gasteiger partial charge on any atom is -0.462 e. The van der Waals surface area contributed by atoms with Crippen LogP contribution in [0, 0.1) is 22.7 Å². The molecule has 0 unspecified atom stereocenters. The number of nitrogens with zero attached hydrogens (tertiary/aromatic N) is 1. The molecule has 2 aliphatic carbocycles. The van der Waals surface area contributed by atoms with Gasteiger partial charge in [-0.15, -0.1) is 0 Å². The first-order chi connectivity index (χ1) is 15.4. The van der Waals surface area contributed by atoms with Gasteiger partial charge in [0.05, 0.1) is 12.1 Å². The first-order valence-electron chi connectivity index (χ1n) is 13.7. The molecule has 0 spiro atoms. The smallest absolute Gasteiger partial charge is 0.316 e. The van der Waals surface area contributed by atoms with Gasteiger partial charge in [0, 0.05) is 11.8 Å². The van der Waals surface area contributed by atoms with E-state index in [2.05, 4.69) is 32.8 Å². The van der Waals surface area contributed by atoms with E-state index in [9.17, 15) is 4.79 Å². The zero-order valence-electron chi connectivity index (χ0n) is 20.8. The Labute approximate surface area is 194 Å². The van der Waals surface area contributed by atoms with E-state index in [0.717, 1.165) is 19.3 Å². The van der Waals surface area contributed by atoms with E-state index >= 15 is 0 Å². The van der Waals surface area contributed by atoms with E-state index < -0.39 is 0 Å². The summed E-state index contributed by atoms with van der Waals surface area (Å²) in [5.41, 5.74) is 0.423. The maximum atomic E-state index is 13.0. The summed E-state index contributed by atoms with van der Waals surface area (Å²) in [6.45, 7) is 9.46. The molecular weight excluding hydrogens is 402 g/mol. The summed E-state index contributed by atoms with van der Waals surface area (Å²) in [4.78, 5) is 19.5. The Morgan fingerprint density at radius 1 is 1.00 bits per heavy atom. The molecule has 0 radical (unpaired) electrons. The van der Waals surface area contributed by atoms with Gasteiger partial charge in [0.25, 0.3) is 0 Å². The third kappa shape index (κ3) is 3.56. The van der Waals surface area contributed by atoms with Crippen LogP contribution in [-0.4, -0.2) is 41.6 Å². The molecule has 8 atom stereocenters. The van der Waals surface area contributed by atoms with Crippen molar-refractivity contribution < 1.29 is 19.1 Å². The van der Waals surface area contributed by atoms with E-state index in [0.29, 0.717) is 12.0 Å². The molecule has 2 saturated carbocycles. The molecule has 3 saturated heterocycles. The first-order valence-corrected chi connectivity index (χ1v) is 13.7. The molecule has 0 aromatic carbocycles. The fourth-order valence-electron chi connectivity index (χ4n) is 7.82. The summed E-state index contributed by atoms with van der Waals surface area (Å²) in [7, 11) is 0. The molecule has 0 amide bonds. The van der Waals surface area contributed by atoms with Crippen molar-refractivity contribution in [3.05, 3.63) is 0 Å². The maximum Gasteiger partial charge on any atom is 0.316 e. The molecule has 5 fully saturated rings. The lowest BCUT2D eigenvalue weighted by Crippen LogP contribution is -2.45. The third-order valence-corrected chi connectivity index (χ3v) is 10.2. The van der Waals surface area contributed by atoms with Crippen molar-refractivity contribution in [3.8, 4) is 0 Å². The van der Waals surface area contributed by atoms with Crippen LogP contribution in [0.2, 0.25) is 0 Å². The molecule has 182 valence electrons. The zero-order chi connectivity index (χ0) is 22.5. The van der Waals surface area contributed by atoms with E-state index in [1.165, 1.54) is 64.2 Å². The van der Waals surface area contributed by atoms with Gasteiger partial charge in [0.15, 0.2) is 0 Å². The Morgan fingerprint density at radius 2 is 1.69 bits per heavy atom. The van der Waals surface area contributed by atoms with E-state index in [1.807, 2.05) is 0 Å². The molecule has 0 aromatic rings. The lowest BCUT2D eigenvalue weighted by Gasteiger charge is -2.39. The summed E-state index contributed by atoms with van der Waals surface area (Å²) in [6.07, 6.45) is 16.0. The number of hydrogen-bond acceptors (Lipinski definition) is 5. The van der Waals surface area contributed by atoms with Crippen LogP contribution in [-0.2, 0) is 19.1 Å². The monoisotopic (exact) mass is 447 g/mol. The molecule has 5 rings (SSSR count). The second-order valence-corrected chi connectivity index (χ2v) is 12.2. The number of hydrogen-bond donors (Lipinski definition) is 0. The number of unbranched alkanes of at least 4 members (excludes halogenated alkanes) is 8. The fraction of sp³-hybridized carbons (Fsp3) is 0.963. The molecule has 2 bridgehead atoms. The Bertz CT molecular complexity index is 695. The second-order valence-electron chi connectivity index (χ2n) is 12.2. The van der Waals surface area contributed by atoms with Crippen LogP contribution < -0.4 is 0 Å². The van der Waals surface area contributed by atoms with Crippen molar-refractivity contribution in [2.75, 3.05) is 0 Å². The highest BCUT2D eigenvalue weighted by Crippen LogP contribution is 2.70. The normalized spacial score (nSPS) is 43.9. The predicted octanol–water partition coefficient (Wildman–Crippen LogP) is 6.00. The molecule has 5 nitrogen and oxygen atoms in total. The highest BCUT2D eigenvalue weighted by molar-refractivity contribution is 5.75. The Balaban J connectivity index is 1.10. The van der Waals surface area contributed by atoms with Gasteiger partial charge in [0.2, 0.25) is 0 Å². The van der Waals surface area contributed by atoms with Gasteiger partial charge in [0.1, 0.15) is 24.4 Å². The van der Waals surface area contributed by atoms with Gasteiger partial charge in [-0.3, -0.25) is 9.63 Å². The Hall–Kier alpha value is -0.650. The highest BCUT2D eigenvalue weighted by Gasteiger charge is 2.74. The Kier molecular flexibility index (Phi) is 6.39. The van der Waals surface area contributed by atoms with Crippen LogP contribution >= 0.6 is 0 Å². The van der Waals surface area contributed by atoms with E-state index in [-0.39, 0.29) is 47.3 Å². The summed E-state index contributed by atoms with van der Waals surface area (Å²) >= 11 is 0. The minimum absolute atomic E-state index is 0.0121. The van der Waals surface area contributed by atoms with E-state index in [1.54, 1.807) is 0 Å². The third-order valence-electron chi connectivity index (χ3n) is 10.2. The standard InChI is InChI=1S/C27H45NO4/c1-5-6-7-8-9-10-11-12-13-14-18-17-20-21(25(29)30-18)24-28(32-20)22-19-15-16-27(4,23(22)31-24)26(19,2)3/h18-24H,5-17H2,1-4H3/t18-,19+,20-,21+,22+,23+,24-,27-/m1/s1. The number of esters is 1. The van der Waals surface area contributed by atoms with Crippen LogP contribution in [0.25, 0.3) is 0 Å². The van der Waals surface area contributed by atoms with Crippen LogP contribution in [0.5, 0.6) is 0 Å². The largest absolute Gasteiger partial charge is 0.462 e. The van der Waals surface area contributed by atoms with Gasteiger partial charge in [-0.2, -0.15) is 5.06 Å². The van der Waals surface area contributed by atoms with Crippen LogP contribution in [0.4, 0.5) is 0 Å². The molecule has 32 heavy (non-hydrogen) atoms. The van der Waals surface area contributed by atoms with Crippen molar-refractivity contribution in [3.63, 3.8) is 0 Å². The zero-order valence-corrected chi connectivity index (χ0v) is 20.8. The van der Waals surface area contributed by atoms with Gasteiger partial charge in [-0.25, -0.2) is 0 Å². The van der Waals surface area contributed by atoms with Crippen molar-refractivity contribution in [1.29, 1.82) is 0 Å². The van der Waals surface area contributed by atoms with Crippen LogP contribution in [0.3, 0.4) is 0 Å². The highest BCUT2D eigenvalue weighted by atomic mass is 16.8. The van der Waals surface area contributed by atoms with Crippen molar-refractivity contribution in [1.82, 2.24) is 5.06 Å². The molecule has 0 aromatic heterocycles. The van der Waals surface area contributed by atoms with E-state index in [4.69, 9.17) is 14.3 Å². The summed E-state index contributed by atoms with van der Waals surface area (Å²) in [5, 5.41) is 2.11. The second kappa shape index (κ2) is 8.85. The molecule has 5 heteroatoms. The number of rotatable bonds is 10. The summed E-state index contributed by atoms with van der Waals surface area (Å²) in [6, 6.07) is 0.294. The minimum atomic E-state index is -0.272. The van der Waals surface area contributed by atoms with Crippen molar-refractivity contribution >= 4 is 5.97 Å². The number of carbonyl (C=O) groups is 1. The molecule has 3 aliphatic heterocycles. The van der Waals surface area contributed by atoms with Crippen LogP contribution in [0.15, 0.2) is 0 Å². The molecule has 0 N–H and O–H groups in total. The first kappa shape index (κ1) is 23.1. The molecule has 5 aliphatic rings. The van der Waals surface area contributed by atoms with Gasteiger partial charge >= 0.3 is 5.97 Å². The fourth-order valence-corrected chi connectivity index (χ4v) is 7.82. The summed E-state index contributed by atoms with van der Waals surface area (Å²) < 4.78 is 12.5. The maximum absolute atomic E-state index is 13.0. The lowest BCUT2D eigenvalue weighted by atomic mass is 9.70. The van der Waals surface area contributed by atoms with Gasteiger partial charge in [-0.05, 0) is 37.0 Å². The topological polar surface area (TPSA) is 48.0 Å². The van der Waals surface area contributed by atoms with Crippen molar-refractivity contribution in [2.45, 2.75) is 142 Å². The van der Waals surface area contributed by atoms with Gasteiger partial charge in [-0.1, -0.05) is 79.1 Å². The Morgan fingerprint density at radius 3 is 2.41 bits per heavy atom. The predicted molar refractivity (Wildman–Crippen MR) is 124 cm³/mol. The number of carbonyl (C=O) groups excluding carboxylic acids is 1. The van der Waals surface area contributed by atoms with Crippen LogP contribution in [0.1, 0.15) is 111 Å². The van der Waals surface area contributed by atoms with Gasteiger partial charge < -0.3 is 9.47 Å². The average Bonchev–Trinajstić information content (AvgIpc) is 3.39. The average molecular weight is 448 g/mol.